The SMILES string of the molecule is O=C(O)[C@H]1CCCN1C(=O)/C=C\c1ccc2c(c1)OCO2. The number of rotatable bonds is 3. The van der Waals surface area contributed by atoms with Crippen molar-refractivity contribution in [1.29, 1.82) is 0 Å². The van der Waals surface area contributed by atoms with Crippen molar-refractivity contribution in [2.45, 2.75) is 18.9 Å². The van der Waals surface area contributed by atoms with Crippen LogP contribution in [-0.2, 0) is 9.59 Å². The van der Waals surface area contributed by atoms with Crippen LogP contribution >= 0.6 is 0 Å². The lowest BCUT2D eigenvalue weighted by atomic mass is 10.2. The van der Waals surface area contributed by atoms with Crippen LogP contribution in [0.5, 0.6) is 11.5 Å². The van der Waals surface area contributed by atoms with Gasteiger partial charge in [-0.25, -0.2) is 4.79 Å². The molecule has 0 aromatic heterocycles. The topological polar surface area (TPSA) is 76.1 Å². The number of fused-ring (bicyclic) bond motifs is 1. The van der Waals surface area contributed by atoms with E-state index in [1.54, 1.807) is 18.2 Å². The Bertz CT molecular complexity index is 610. The Morgan fingerprint density at radius 1 is 1.29 bits per heavy atom. The minimum atomic E-state index is -0.947. The molecule has 0 spiro atoms. The first-order valence-corrected chi connectivity index (χ1v) is 6.76. The third-order valence-electron chi connectivity index (χ3n) is 3.64. The van der Waals surface area contributed by atoms with Gasteiger partial charge in [-0.2, -0.15) is 0 Å². The maximum absolute atomic E-state index is 12.1. The van der Waals surface area contributed by atoms with Crippen LogP contribution in [0.3, 0.4) is 0 Å². The van der Waals surface area contributed by atoms with Gasteiger partial charge >= 0.3 is 5.97 Å². The van der Waals surface area contributed by atoms with E-state index in [4.69, 9.17) is 14.6 Å². The fourth-order valence-electron chi connectivity index (χ4n) is 2.57. The van der Waals surface area contributed by atoms with Gasteiger partial charge in [0.1, 0.15) is 6.04 Å². The number of aliphatic carboxylic acids is 1. The highest BCUT2D eigenvalue weighted by Crippen LogP contribution is 2.32. The van der Waals surface area contributed by atoms with E-state index < -0.39 is 12.0 Å². The lowest BCUT2D eigenvalue weighted by Crippen LogP contribution is -2.39. The van der Waals surface area contributed by atoms with Gasteiger partial charge in [0, 0.05) is 12.6 Å². The van der Waals surface area contributed by atoms with E-state index >= 15 is 0 Å². The lowest BCUT2D eigenvalue weighted by Gasteiger charge is -2.19. The number of carboxylic acids is 1. The maximum Gasteiger partial charge on any atom is 0.326 e. The first-order valence-electron chi connectivity index (χ1n) is 6.76. The molecule has 0 bridgehead atoms. The van der Waals surface area contributed by atoms with Gasteiger partial charge in [0.2, 0.25) is 12.7 Å². The molecule has 0 unspecified atom stereocenters. The van der Waals surface area contributed by atoms with Gasteiger partial charge in [-0.15, -0.1) is 0 Å². The van der Waals surface area contributed by atoms with Crippen molar-refractivity contribution in [3.63, 3.8) is 0 Å². The van der Waals surface area contributed by atoms with Crippen LogP contribution in [0.2, 0.25) is 0 Å². The van der Waals surface area contributed by atoms with E-state index in [1.165, 1.54) is 11.0 Å². The van der Waals surface area contributed by atoms with E-state index in [0.29, 0.717) is 24.5 Å². The van der Waals surface area contributed by atoms with Crippen molar-refractivity contribution in [2.75, 3.05) is 13.3 Å². The predicted molar refractivity (Wildman–Crippen MR) is 74.0 cm³/mol. The van der Waals surface area contributed by atoms with Crippen LogP contribution in [0.15, 0.2) is 24.3 Å². The van der Waals surface area contributed by atoms with Crippen molar-refractivity contribution >= 4 is 18.0 Å². The zero-order chi connectivity index (χ0) is 14.8. The molecule has 3 rings (SSSR count). The normalized spacial score (nSPS) is 20.2. The van der Waals surface area contributed by atoms with Gasteiger partial charge in [0.15, 0.2) is 11.5 Å². The third-order valence-corrected chi connectivity index (χ3v) is 3.64. The molecule has 0 radical (unpaired) electrons. The first kappa shape index (κ1) is 13.5. The molecule has 1 aromatic rings. The summed E-state index contributed by atoms with van der Waals surface area (Å²) in [6, 6.07) is 4.67. The van der Waals surface area contributed by atoms with Gasteiger partial charge in [-0.3, -0.25) is 4.79 Å². The molecule has 110 valence electrons. The van der Waals surface area contributed by atoms with E-state index in [2.05, 4.69) is 0 Å². The van der Waals surface area contributed by atoms with Crippen LogP contribution in [0.1, 0.15) is 18.4 Å². The number of hydrogen-bond donors (Lipinski definition) is 1. The zero-order valence-corrected chi connectivity index (χ0v) is 11.3. The summed E-state index contributed by atoms with van der Waals surface area (Å²) in [6.07, 6.45) is 4.29. The number of hydrogen-bond acceptors (Lipinski definition) is 4. The Hall–Kier alpha value is -2.50. The van der Waals surface area contributed by atoms with Crippen LogP contribution in [0.25, 0.3) is 6.08 Å². The minimum absolute atomic E-state index is 0.204. The van der Waals surface area contributed by atoms with Crippen LogP contribution < -0.4 is 9.47 Å². The molecule has 1 fully saturated rings. The van der Waals surface area contributed by atoms with Crippen LogP contribution in [0.4, 0.5) is 0 Å². The number of ether oxygens (including phenoxy) is 2. The Morgan fingerprint density at radius 2 is 2.10 bits per heavy atom. The van der Waals surface area contributed by atoms with Crippen molar-refractivity contribution in [1.82, 2.24) is 4.90 Å². The molecular formula is C15H15NO5. The van der Waals surface area contributed by atoms with Crippen molar-refractivity contribution in [3.05, 3.63) is 29.8 Å². The molecule has 2 aliphatic rings. The molecule has 1 N–H and O–H groups in total. The van der Waals surface area contributed by atoms with Gasteiger partial charge in [-0.1, -0.05) is 6.07 Å². The molecule has 6 heteroatoms. The molecule has 2 aliphatic heterocycles. The number of nitrogens with zero attached hydrogens (tertiary/aromatic N) is 1. The Labute approximate surface area is 121 Å². The first-order chi connectivity index (χ1) is 10.1. The average molecular weight is 289 g/mol. The van der Waals surface area contributed by atoms with E-state index in [-0.39, 0.29) is 12.7 Å². The number of carbonyl (C=O) groups is 2. The summed E-state index contributed by atoms with van der Waals surface area (Å²) in [5, 5.41) is 9.08. The Morgan fingerprint density at radius 3 is 2.90 bits per heavy atom. The number of likely N-dealkylation sites (tertiary alicyclic amines) is 1. The molecule has 1 atom stereocenters. The monoisotopic (exact) mass is 289 g/mol. The summed E-state index contributed by atoms with van der Waals surface area (Å²) in [6.45, 7) is 0.691. The quantitative estimate of drug-likeness (QED) is 0.853. The van der Waals surface area contributed by atoms with Crippen molar-refractivity contribution < 1.29 is 24.2 Å². The number of amides is 1. The summed E-state index contributed by atoms with van der Waals surface area (Å²) in [4.78, 5) is 24.6. The highest BCUT2D eigenvalue weighted by molar-refractivity contribution is 5.94. The highest BCUT2D eigenvalue weighted by Gasteiger charge is 2.32. The van der Waals surface area contributed by atoms with Gasteiger partial charge in [0.25, 0.3) is 0 Å². The molecule has 21 heavy (non-hydrogen) atoms. The van der Waals surface area contributed by atoms with E-state index in [9.17, 15) is 9.59 Å². The van der Waals surface area contributed by atoms with Crippen molar-refractivity contribution in [2.24, 2.45) is 0 Å². The van der Waals surface area contributed by atoms with Crippen LogP contribution in [-0.4, -0.2) is 41.3 Å². The smallest absolute Gasteiger partial charge is 0.326 e. The van der Waals surface area contributed by atoms with E-state index in [0.717, 1.165) is 12.0 Å². The number of carboxylic acid groups (broad SMARTS) is 1. The Kier molecular flexibility index (Phi) is 3.51. The zero-order valence-electron chi connectivity index (χ0n) is 11.3. The third kappa shape index (κ3) is 2.69. The van der Waals surface area contributed by atoms with Gasteiger partial charge in [0.05, 0.1) is 0 Å². The largest absolute Gasteiger partial charge is 0.480 e. The molecule has 1 saturated heterocycles. The predicted octanol–water partition coefficient (Wildman–Crippen LogP) is 1.50. The summed E-state index contributed by atoms with van der Waals surface area (Å²) in [7, 11) is 0. The second-order valence-corrected chi connectivity index (χ2v) is 4.97. The van der Waals surface area contributed by atoms with Gasteiger partial charge < -0.3 is 19.5 Å². The molecule has 1 aromatic carbocycles. The molecule has 1 amide bonds. The highest BCUT2D eigenvalue weighted by atomic mass is 16.7. The molecule has 0 aliphatic carbocycles. The van der Waals surface area contributed by atoms with Crippen LogP contribution in [0, 0.1) is 0 Å². The number of benzene rings is 1. The fraction of sp³-hybridized carbons (Fsp3) is 0.333. The average Bonchev–Trinajstić information content (AvgIpc) is 3.12. The standard InChI is InChI=1S/C15H15NO5/c17-14(16-7-1-2-11(16)15(18)19)6-4-10-3-5-12-13(8-10)21-9-20-12/h3-6,8,11H,1-2,7,9H2,(H,18,19)/b6-4-/t11-/m1/s1. The fourth-order valence-corrected chi connectivity index (χ4v) is 2.57. The number of carbonyl (C=O) groups excluding carboxylic acids is 1. The van der Waals surface area contributed by atoms with E-state index in [1.807, 2.05) is 6.07 Å². The lowest BCUT2D eigenvalue weighted by molar-refractivity contribution is -0.146. The second-order valence-electron chi connectivity index (χ2n) is 4.97. The van der Waals surface area contributed by atoms with Crippen molar-refractivity contribution in [3.8, 4) is 11.5 Å². The second kappa shape index (κ2) is 5.47. The summed E-state index contributed by atoms with van der Waals surface area (Å²) < 4.78 is 10.5. The molecule has 0 saturated carbocycles. The summed E-state index contributed by atoms with van der Waals surface area (Å²) in [5.41, 5.74) is 0.804. The molecule has 6 nitrogen and oxygen atoms in total. The van der Waals surface area contributed by atoms with Gasteiger partial charge in [-0.05, 0) is 36.6 Å². The Balaban J connectivity index is 1.71. The molecular weight excluding hydrogens is 274 g/mol. The molecule has 2 heterocycles. The summed E-state index contributed by atoms with van der Waals surface area (Å²) >= 11 is 0. The summed E-state index contributed by atoms with van der Waals surface area (Å²) in [5.74, 6) is 0.105. The maximum atomic E-state index is 12.1. The minimum Gasteiger partial charge on any atom is -0.480 e.